The number of hydrogen-bond donors (Lipinski definition) is 2. The lowest BCUT2D eigenvalue weighted by Gasteiger charge is -2.30. The van der Waals surface area contributed by atoms with Gasteiger partial charge in [-0.3, -0.25) is 4.79 Å². The van der Waals surface area contributed by atoms with Crippen molar-refractivity contribution >= 4 is 11.6 Å². The third-order valence-electron chi connectivity index (χ3n) is 4.08. The molecule has 1 amide bonds. The number of carbonyl (C=O) groups is 1. The average Bonchev–Trinajstić information content (AvgIpc) is 2.62. The van der Waals surface area contributed by atoms with Crippen LogP contribution >= 0.6 is 0 Å². The van der Waals surface area contributed by atoms with Crippen molar-refractivity contribution < 1.29 is 14.3 Å². The Morgan fingerprint density at radius 2 is 2.08 bits per heavy atom. The van der Waals surface area contributed by atoms with Crippen LogP contribution in [0, 0.1) is 0 Å². The number of nitrogens with two attached hydrogens (primary N) is 1. The summed E-state index contributed by atoms with van der Waals surface area (Å²) in [5.74, 6) is 1.05. The predicted molar refractivity (Wildman–Crippen MR) is 96.9 cm³/mol. The van der Waals surface area contributed by atoms with Crippen molar-refractivity contribution in [3.05, 3.63) is 54.1 Å². The Hall–Kier alpha value is -2.57. The number of nitrogen functional groups attached to an aromatic ring is 1. The molecule has 1 aliphatic rings. The summed E-state index contributed by atoms with van der Waals surface area (Å²) in [7, 11) is 2.04. The number of amides is 1. The SMILES string of the molecule is CN1CCOC(CNC(=O)c2cc(Oc3ccccc3)ccc2N)C1. The van der Waals surface area contributed by atoms with Gasteiger partial charge < -0.3 is 25.4 Å². The molecule has 0 spiro atoms. The molecule has 132 valence electrons. The van der Waals surface area contributed by atoms with E-state index in [2.05, 4.69) is 10.2 Å². The van der Waals surface area contributed by atoms with Crippen molar-refractivity contribution in [2.45, 2.75) is 6.10 Å². The minimum Gasteiger partial charge on any atom is -0.457 e. The molecule has 3 rings (SSSR count). The smallest absolute Gasteiger partial charge is 0.253 e. The molecule has 0 bridgehead atoms. The van der Waals surface area contributed by atoms with E-state index in [0.29, 0.717) is 35.9 Å². The quantitative estimate of drug-likeness (QED) is 0.815. The maximum atomic E-state index is 12.5. The minimum atomic E-state index is -0.229. The molecule has 6 nitrogen and oxygen atoms in total. The number of ether oxygens (including phenoxy) is 2. The predicted octanol–water partition coefficient (Wildman–Crippen LogP) is 2.12. The zero-order chi connectivity index (χ0) is 17.6. The number of likely N-dealkylation sites (N-methyl/N-ethyl adjacent to an activating group) is 1. The number of benzene rings is 2. The van der Waals surface area contributed by atoms with Gasteiger partial charge in [-0.1, -0.05) is 18.2 Å². The molecule has 1 unspecified atom stereocenters. The van der Waals surface area contributed by atoms with Crippen LogP contribution < -0.4 is 15.8 Å². The van der Waals surface area contributed by atoms with E-state index in [-0.39, 0.29) is 12.0 Å². The van der Waals surface area contributed by atoms with E-state index in [1.165, 1.54) is 0 Å². The highest BCUT2D eigenvalue weighted by Gasteiger charge is 2.19. The van der Waals surface area contributed by atoms with Crippen molar-refractivity contribution in [3.63, 3.8) is 0 Å². The van der Waals surface area contributed by atoms with E-state index in [1.807, 2.05) is 37.4 Å². The van der Waals surface area contributed by atoms with Crippen LogP contribution in [0.2, 0.25) is 0 Å². The van der Waals surface area contributed by atoms with E-state index in [4.69, 9.17) is 15.2 Å². The van der Waals surface area contributed by atoms with Gasteiger partial charge in [-0.25, -0.2) is 0 Å². The summed E-state index contributed by atoms with van der Waals surface area (Å²) in [6.07, 6.45) is -0.00678. The van der Waals surface area contributed by atoms with Crippen LogP contribution in [0.3, 0.4) is 0 Å². The Balaban J connectivity index is 1.64. The van der Waals surface area contributed by atoms with E-state index in [9.17, 15) is 4.79 Å². The molecule has 1 fully saturated rings. The van der Waals surface area contributed by atoms with Gasteiger partial charge in [0.15, 0.2) is 0 Å². The van der Waals surface area contributed by atoms with Gasteiger partial charge in [-0.15, -0.1) is 0 Å². The molecular formula is C19H23N3O3. The standard InChI is InChI=1S/C19H23N3O3/c1-22-9-10-24-16(13-22)12-21-19(23)17-11-15(7-8-18(17)20)25-14-5-3-2-4-6-14/h2-8,11,16H,9-10,12-13,20H2,1H3,(H,21,23). The second-order valence-electron chi connectivity index (χ2n) is 6.13. The van der Waals surface area contributed by atoms with E-state index in [0.717, 1.165) is 13.1 Å². The summed E-state index contributed by atoms with van der Waals surface area (Å²) in [4.78, 5) is 14.7. The highest BCUT2D eigenvalue weighted by Crippen LogP contribution is 2.25. The zero-order valence-electron chi connectivity index (χ0n) is 14.3. The van der Waals surface area contributed by atoms with Crippen LogP contribution in [-0.4, -0.2) is 50.2 Å². The summed E-state index contributed by atoms with van der Waals surface area (Å²) >= 11 is 0. The van der Waals surface area contributed by atoms with Gasteiger partial charge in [-0.2, -0.15) is 0 Å². The third kappa shape index (κ3) is 4.71. The first-order valence-electron chi connectivity index (χ1n) is 8.32. The van der Waals surface area contributed by atoms with Gasteiger partial charge >= 0.3 is 0 Å². The summed E-state index contributed by atoms with van der Waals surface area (Å²) in [6.45, 7) is 2.84. The van der Waals surface area contributed by atoms with Gasteiger partial charge in [0.2, 0.25) is 0 Å². The number of nitrogens with one attached hydrogen (secondary N) is 1. The Kier molecular flexibility index (Phi) is 5.53. The van der Waals surface area contributed by atoms with Crippen molar-refractivity contribution in [3.8, 4) is 11.5 Å². The fourth-order valence-corrected chi connectivity index (χ4v) is 2.71. The van der Waals surface area contributed by atoms with Crippen LogP contribution in [0.15, 0.2) is 48.5 Å². The molecule has 0 saturated carbocycles. The molecule has 0 radical (unpaired) electrons. The van der Waals surface area contributed by atoms with Gasteiger partial charge in [0.05, 0.1) is 18.3 Å². The van der Waals surface area contributed by atoms with Gasteiger partial charge in [0, 0.05) is 25.3 Å². The molecular weight excluding hydrogens is 318 g/mol. The van der Waals surface area contributed by atoms with Crippen LogP contribution in [0.1, 0.15) is 10.4 Å². The summed E-state index contributed by atoms with van der Waals surface area (Å²) < 4.78 is 11.4. The average molecular weight is 341 g/mol. The molecule has 2 aromatic carbocycles. The topological polar surface area (TPSA) is 76.8 Å². The fraction of sp³-hybridized carbons (Fsp3) is 0.316. The second-order valence-corrected chi connectivity index (χ2v) is 6.13. The van der Waals surface area contributed by atoms with Crippen LogP contribution in [0.5, 0.6) is 11.5 Å². The molecule has 1 heterocycles. The molecule has 2 aromatic rings. The van der Waals surface area contributed by atoms with Crippen LogP contribution in [0.4, 0.5) is 5.69 Å². The summed E-state index contributed by atoms with van der Waals surface area (Å²) in [5.41, 5.74) is 6.78. The number of nitrogens with zero attached hydrogens (tertiary/aromatic N) is 1. The number of carbonyl (C=O) groups excluding carboxylic acids is 1. The number of morpholine rings is 1. The molecule has 1 aliphatic heterocycles. The lowest BCUT2D eigenvalue weighted by Crippen LogP contribution is -2.46. The number of anilines is 1. The molecule has 6 heteroatoms. The normalized spacial score (nSPS) is 17.9. The maximum absolute atomic E-state index is 12.5. The molecule has 25 heavy (non-hydrogen) atoms. The number of para-hydroxylation sites is 1. The van der Waals surface area contributed by atoms with E-state index >= 15 is 0 Å². The number of hydrogen-bond acceptors (Lipinski definition) is 5. The Bertz CT molecular complexity index is 721. The summed E-state index contributed by atoms with van der Waals surface area (Å²) in [6, 6.07) is 14.5. The first-order chi connectivity index (χ1) is 12.1. The monoisotopic (exact) mass is 341 g/mol. The van der Waals surface area contributed by atoms with E-state index in [1.54, 1.807) is 18.2 Å². The highest BCUT2D eigenvalue weighted by molar-refractivity contribution is 5.99. The van der Waals surface area contributed by atoms with Gasteiger partial charge in [0.25, 0.3) is 5.91 Å². The first-order valence-corrected chi connectivity index (χ1v) is 8.32. The van der Waals surface area contributed by atoms with Crippen molar-refractivity contribution in [2.24, 2.45) is 0 Å². The van der Waals surface area contributed by atoms with Crippen LogP contribution in [-0.2, 0) is 4.74 Å². The van der Waals surface area contributed by atoms with Crippen LogP contribution in [0.25, 0.3) is 0 Å². The third-order valence-corrected chi connectivity index (χ3v) is 4.08. The molecule has 0 aromatic heterocycles. The Labute approximate surface area is 147 Å². The van der Waals surface area contributed by atoms with Crippen molar-refractivity contribution in [1.29, 1.82) is 0 Å². The second kappa shape index (κ2) is 8.00. The molecule has 1 saturated heterocycles. The Morgan fingerprint density at radius 1 is 1.28 bits per heavy atom. The fourth-order valence-electron chi connectivity index (χ4n) is 2.71. The maximum Gasteiger partial charge on any atom is 0.253 e. The van der Waals surface area contributed by atoms with Crippen molar-refractivity contribution in [1.82, 2.24) is 10.2 Å². The lowest BCUT2D eigenvalue weighted by molar-refractivity contribution is -0.0174. The largest absolute Gasteiger partial charge is 0.457 e. The summed E-state index contributed by atoms with van der Waals surface area (Å²) in [5, 5.41) is 2.89. The Morgan fingerprint density at radius 3 is 2.84 bits per heavy atom. The minimum absolute atomic E-state index is 0.00678. The first kappa shape index (κ1) is 17.3. The molecule has 1 atom stereocenters. The zero-order valence-corrected chi connectivity index (χ0v) is 14.3. The molecule has 0 aliphatic carbocycles. The highest BCUT2D eigenvalue weighted by atomic mass is 16.5. The van der Waals surface area contributed by atoms with Crippen molar-refractivity contribution in [2.75, 3.05) is 39.0 Å². The van der Waals surface area contributed by atoms with Gasteiger partial charge in [-0.05, 0) is 37.4 Å². The lowest BCUT2D eigenvalue weighted by atomic mass is 10.1. The van der Waals surface area contributed by atoms with Gasteiger partial charge in [0.1, 0.15) is 11.5 Å². The number of rotatable bonds is 5. The molecule has 3 N–H and O–H groups in total. The van der Waals surface area contributed by atoms with E-state index < -0.39 is 0 Å².